The van der Waals surface area contributed by atoms with Gasteiger partial charge in [0.15, 0.2) is 0 Å². The average Bonchev–Trinajstić information content (AvgIpc) is 2.37. The fourth-order valence-corrected chi connectivity index (χ4v) is 1.65. The second kappa shape index (κ2) is 6.26. The molecule has 0 heterocycles. The van der Waals surface area contributed by atoms with Crippen molar-refractivity contribution in [3.05, 3.63) is 35.4 Å². The van der Waals surface area contributed by atoms with Crippen molar-refractivity contribution in [1.29, 1.82) is 0 Å². The molecular formula is C16H24N2O3. The van der Waals surface area contributed by atoms with Crippen molar-refractivity contribution in [2.75, 3.05) is 6.54 Å². The molecule has 5 heteroatoms. The highest BCUT2D eigenvalue weighted by Gasteiger charge is 2.40. The lowest BCUT2D eigenvalue weighted by Crippen LogP contribution is -2.55. The summed E-state index contributed by atoms with van der Waals surface area (Å²) in [5.74, 6) is -1.03. The molecule has 0 bridgehead atoms. The summed E-state index contributed by atoms with van der Waals surface area (Å²) in [6.45, 7) is 7.80. The summed E-state index contributed by atoms with van der Waals surface area (Å²) in [6.07, 6.45) is 0.646. The van der Waals surface area contributed by atoms with E-state index in [0.717, 1.165) is 5.56 Å². The second-order valence-corrected chi connectivity index (χ2v) is 6.35. The molecule has 116 valence electrons. The van der Waals surface area contributed by atoms with E-state index >= 15 is 0 Å². The molecule has 1 aromatic carbocycles. The van der Waals surface area contributed by atoms with E-state index in [9.17, 15) is 9.59 Å². The van der Waals surface area contributed by atoms with Crippen LogP contribution >= 0.6 is 0 Å². The van der Waals surface area contributed by atoms with Gasteiger partial charge in [-0.25, -0.2) is 4.79 Å². The van der Waals surface area contributed by atoms with Crippen LogP contribution in [0.2, 0.25) is 0 Å². The molecule has 0 aliphatic carbocycles. The van der Waals surface area contributed by atoms with E-state index in [1.807, 2.05) is 27.7 Å². The van der Waals surface area contributed by atoms with E-state index in [4.69, 9.17) is 10.8 Å². The number of rotatable bonds is 6. The summed E-state index contributed by atoms with van der Waals surface area (Å²) in [5.41, 5.74) is 5.98. The van der Waals surface area contributed by atoms with E-state index in [0.29, 0.717) is 13.0 Å². The van der Waals surface area contributed by atoms with Gasteiger partial charge in [0, 0.05) is 12.1 Å². The molecule has 0 fully saturated rings. The first-order valence-corrected chi connectivity index (χ1v) is 6.95. The number of hydrogen-bond acceptors (Lipinski definition) is 3. The van der Waals surface area contributed by atoms with Crippen LogP contribution in [0.3, 0.4) is 0 Å². The van der Waals surface area contributed by atoms with Crippen molar-refractivity contribution >= 4 is 11.9 Å². The molecule has 5 nitrogen and oxygen atoms in total. The third kappa shape index (κ3) is 4.29. The van der Waals surface area contributed by atoms with Gasteiger partial charge in [-0.3, -0.25) is 4.79 Å². The second-order valence-electron chi connectivity index (χ2n) is 6.35. The van der Waals surface area contributed by atoms with Crippen LogP contribution in [0.4, 0.5) is 0 Å². The van der Waals surface area contributed by atoms with E-state index in [-0.39, 0.29) is 11.5 Å². The van der Waals surface area contributed by atoms with Gasteiger partial charge >= 0.3 is 5.97 Å². The van der Waals surface area contributed by atoms with E-state index in [1.165, 1.54) is 0 Å². The molecule has 0 saturated heterocycles. The van der Waals surface area contributed by atoms with Crippen LogP contribution < -0.4 is 11.1 Å². The minimum Gasteiger partial charge on any atom is -0.478 e. The summed E-state index contributed by atoms with van der Waals surface area (Å²) in [7, 11) is 0. The first-order chi connectivity index (χ1) is 9.55. The molecule has 0 radical (unpaired) electrons. The molecule has 0 saturated carbocycles. The van der Waals surface area contributed by atoms with Crippen LogP contribution in [-0.2, 0) is 11.2 Å². The molecule has 1 amide bonds. The van der Waals surface area contributed by atoms with Crippen molar-refractivity contribution in [2.45, 2.75) is 39.7 Å². The number of hydrogen-bond donors (Lipinski definition) is 3. The number of nitrogens with one attached hydrogen (secondary N) is 1. The lowest BCUT2D eigenvalue weighted by Gasteiger charge is -2.36. The van der Waals surface area contributed by atoms with Gasteiger partial charge in [-0.15, -0.1) is 0 Å². The number of benzene rings is 1. The molecule has 0 unspecified atom stereocenters. The summed E-state index contributed by atoms with van der Waals surface area (Å²) < 4.78 is 0. The number of carboxylic acid groups (broad SMARTS) is 1. The largest absolute Gasteiger partial charge is 0.478 e. The SMILES string of the molecule is CC(C)(N)C(C)(C)C(=O)NCCc1ccc(C(=O)O)cc1. The zero-order chi connectivity index (χ0) is 16.3. The summed E-state index contributed by atoms with van der Waals surface area (Å²) in [4.78, 5) is 22.9. The van der Waals surface area contributed by atoms with Crippen LogP contribution in [0.5, 0.6) is 0 Å². The maximum atomic E-state index is 12.2. The molecule has 0 aromatic heterocycles. The van der Waals surface area contributed by atoms with Crippen LogP contribution in [0, 0.1) is 5.41 Å². The highest BCUT2D eigenvalue weighted by molar-refractivity contribution is 5.87. The fourth-order valence-electron chi connectivity index (χ4n) is 1.65. The van der Waals surface area contributed by atoms with Crippen LogP contribution in [0.15, 0.2) is 24.3 Å². The molecule has 1 aromatic rings. The molecule has 0 atom stereocenters. The minimum absolute atomic E-state index is 0.0860. The maximum Gasteiger partial charge on any atom is 0.335 e. The first-order valence-electron chi connectivity index (χ1n) is 6.95. The third-order valence-electron chi connectivity index (χ3n) is 4.08. The number of carbonyl (C=O) groups excluding carboxylic acids is 1. The van der Waals surface area contributed by atoms with Gasteiger partial charge in [-0.2, -0.15) is 0 Å². The Hall–Kier alpha value is -1.88. The first kappa shape index (κ1) is 17.2. The van der Waals surface area contributed by atoms with Crippen LogP contribution in [0.1, 0.15) is 43.6 Å². The molecule has 1 rings (SSSR count). The van der Waals surface area contributed by atoms with Crippen LogP contribution in [0.25, 0.3) is 0 Å². The average molecular weight is 292 g/mol. The van der Waals surface area contributed by atoms with Crippen molar-refractivity contribution in [1.82, 2.24) is 5.32 Å². The smallest absolute Gasteiger partial charge is 0.335 e. The highest BCUT2D eigenvalue weighted by atomic mass is 16.4. The number of amides is 1. The maximum absolute atomic E-state index is 12.2. The van der Waals surface area contributed by atoms with E-state index in [2.05, 4.69) is 5.32 Å². The Morgan fingerprint density at radius 2 is 1.67 bits per heavy atom. The van der Waals surface area contributed by atoms with E-state index in [1.54, 1.807) is 24.3 Å². The standard InChI is InChI=1S/C16H24N2O3/c1-15(2,16(3,4)17)14(21)18-10-9-11-5-7-12(8-6-11)13(19)20/h5-8H,9-10,17H2,1-4H3,(H,18,21)(H,19,20). The van der Waals surface area contributed by atoms with Gasteiger partial charge < -0.3 is 16.2 Å². The number of carboxylic acids is 1. The Morgan fingerprint density at radius 3 is 2.10 bits per heavy atom. The van der Waals surface area contributed by atoms with Crippen molar-refractivity contribution < 1.29 is 14.7 Å². The van der Waals surface area contributed by atoms with Gasteiger partial charge in [0.1, 0.15) is 0 Å². The number of carbonyl (C=O) groups is 2. The lowest BCUT2D eigenvalue weighted by molar-refractivity contribution is -0.132. The number of aromatic carboxylic acids is 1. The zero-order valence-electron chi connectivity index (χ0n) is 13.1. The van der Waals surface area contributed by atoms with Gasteiger partial charge in [0.2, 0.25) is 5.91 Å². The molecule has 0 aliphatic rings. The van der Waals surface area contributed by atoms with E-state index < -0.39 is 16.9 Å². The summed E-state index contributed by atoms with van der Waals surface area (Å²) >= 11 is 0. The minimum atomic E-state index is -0.943. The molecule has 21 heavy (non-hydrogen) atoms. The highest BCUT2D eigenvalue weighted by Crippen LogP contribution is 2.28. The molecular weight excluding hydrogens is 268 g/mol. The Balaban J connectivity index is 2.54. The monoisotopic (exact) mass is 292 g/mol. The predicted molar refractivity (Wildman–Crippen MR) is 82.2 cm³/mol. The van der Waals surface area contributed by atoms with Gasteiger partial charge in [-0.1, -0.05) is 12.1 Å². The summed E-state index contributed by atoms with van der Waals surface area (Å²) in [5, 5.41) is 11.7. The molecule has 0 spiro atoms. The van der Waals surface area contributed by atoms with Crippen molar-refractivity contribution in [3.8, 4) is 0 Å². The lowest BCUT2D eigenvalue weighted by atomic mass is 9.74. The summed E-state index contributed by atoms with van der Waals surface area (Å²) in [6, 6.07) is 6.64. The fraction of sp³-hybridized carbons (Fsp3) is 0.500. The van der Waals surface area contributed by atoms with Gasteiger partial charge in [0.05, 0.1) is 11.0 Å². The van der Waals surface area contributed by atoms with Crippen molar-refractivity contribution in [2.24, 2.45) is 11.1 Å². The third-order valence-corrected chi connectivity index (χ3v) is 4.08. The molecule has 4 N–H and O–H groups in total. The van der Waals surface area contributed by atoms with Crippen molar-refractivity contribution in [3.63, 3.8) is 0 Å². The molecule has 0 aliphatic heterocycles. The Labute approximate surface area is 125 Å². The Kier molecular flexibility index (Phi) is 5.12. The quantitative estimate of drug-likeness (QED) is 0.745. The number of nitrogens with two attached hydrogens (primary N) is 1. The Morgan fingerprint density at radius 1 is 1.14 bits per heavy atom. The normalized spacial score (nSPS) is 12.0. The van der Waals surface area contributed by atoms with Gasteiger partial charge in [-0.05, 0) is 51.8 Å². The predicted octanol–water partition coefficient (Wildman–Crippen LogP) is 1.81. The topological polar surface area (TPSA) is 92.4 Å². The zero-order valence-corrected chi connectivity index (χ0v) is 13.1. The van der Waals surface area contributed by atoms with Gasteiger partial charge in [0.25, 0.3) is 0 Å². The Bertz CT molecular complexity index is 513. The van der Waals surface area contributed by atoms with Crippen LogP contribution in [-0.4, -0.2) is 29.1 Å².